The van der Waals surface area contributed by atoms with Crippen LogP contribution in [0.4, 0.5) is 5.69 Å². The molecule has 7 heteroatoms. The molecule has 114 valence electrons. The third-order valence-corrected chi connectivity index (χ3v) is 3.54. The van der Waals surface area contributed by atoms with E-state index < -0.39 is 5.91 Å². The monoisotopic (exact) mass is 382 g/mol. The van der Waals surface area contributed by atoms with Gasteiger partial charge in [-0.1, -0.05) is 27.5 Å². The van der Waals surface area contributed by atoms with Crippen molar-refractivity contribution in [2.45, 2.75) is 0 Å². The number of carbonyl (C=O) groups is 2. The smallest absolute Gasteiger partial charge is 0.262 e. The predicted octanol–water partition coefficient (Wildman–Crippen LogP) is 3.22. The second kappa shape index (κ2) is 7.29. The molecule has 5 nitrogen and oxygen atoms in total. The van der Waals surface area contributed by atoms with Crippen LogP contribution < -0.4 is 15.8 Å². The lowest BCUT2D eigenvalue weighted by Gasteiger charge is -2.09. The van der Waals surface area contributed by atoms with Gasteiger partial charge in [-0.25, -0.2) is 0 Å². The van der Waals surface area contributed by atoms with Crippen LogP contribution in [0.1, 0.15) is 10.4 Å². The molecule has 3 N–H and O–H groups in total. The Balaban J connectivity index is 1.93. The molecule has 0 bridgehead atoms. The van der Waals surface area contributed by atoms with Crippen LogP contribution in [0.2, 0.25) is 5.02 Å². The second-order valence-corrected chi connectivity index (χ2v) is 5.67. The summed E-state index contributed by atoms with van der Waals surface area (Å²) in [7, 11) is 0. The summed E-state index contributed by atoms with van der Waals surface area (Å²) in [6.07, 6.45) is 0. The van der Waals surface area contributed by atoms with Gasteiger partial charge < -0.3 is 15.8 Å². The number of nitrogens with two attached hydrogens (primary N) is 1. The van der Waals surface area contributed by atoms with Gasteiger partial charge in [-0.2, -0.15) is 0 Å². The van der Waals surface area contributed by atoms with Crippen molar-refractivity contribution >= 4 is 45.0 Å². The summed E-state index contributed by atoms with van der Waals surface area (Å²) >= 11 is 9.22. The summed E-state index contributed by atoms with van der Waals surface area (Å²) in [6.45, 7) is -0.142. The van der Waals surface area contributed by atoms with Crippen LogP contribution in [0.5, 0.6) is 5.75 Å². The lowest BCUT2D eigenvalue weighted by Crippen LogP contribution is -2.20. The zero-order chi connectivity index (χ0) is 16.1. The molecule has 2 rings (SSSR count). The molecule has 0 aromatic heterocycles. The second-order valence-electron chi connectivity index (χ2n) is 4.35. The van der Waals surface area contributed by atoms with E-state index in [1.807, 2.05) is 12.1 Å². The van der Waals surface area contributed by atoms with Crippen molar-refractivity contribution in [2.24, 2.45) is 5.73 Å². The van der Waals surface area contributed by atoms with Gasteiger partial charge in [0.05, 0.1) is 10.6 Å². The quantitative estimate of drug-likeness (QED) is 0.832. The molecule has 0 heterocycles. The number of ether oxygens (including phenoxy) is 1. The van der Waals surface area contributed by atoms with Crippen molar-refractivity contribution in [3.05, 3.63) is 57.5 Å². The van der Waals surface area contributed by atoms with Crippen molar-refractivity contribution < 1.29 is 14.3 Å². The fourth-order valence-corrected chi connectivity index (χ4v) is 2.21. The number of halogens is 2. The molecule has 0 aliphatic carbocycles. The standard InChI is InChI=1S/C15H12BrClN2O3/c16-9-1-4-11(5-2-9)22-8-14(20)19-10-3-6-12(15(18)21)13(17)7-10/h1-7H,8H2,(H2,18,21)(H,19,20). The minimum atomic E-state index is -0.624. The number of primary amides is 1. The highest BCUT2D eigenvalue weighted by Gasteiger charge is 2.09. The van der Waals surface area contributed by atoms with Crippen LogP contribution >= 0.6 is 27.5 Å². The van der Waals surface area contributed by atoms with E-state index in [1.165, 1.54) is 12.1 Å². The van der Waals surface area contributed by atoms with Crippen LogP contribution in [0, 0.1) is 0 Å². The van der Waals surface area contributed by atoms with Crippen LogP contribution in [-0.4, -0.2) is 18.4 Å². The van der Waals surface area contributed by atoms with Gasteiger partial charge >= 0.3 is 0 Å². The van der Waals surface area contributed by atoms with E-state index in [0.29, 0.717) is 11.4 Å². The fraction of sp³-hybridized carbons (Fsp3) is 0.0667. The van der Waals surface area contributed by atoms with Crippen molar-refractivity contribution in [3.63, 3.8) is 0 Å². The summed E-state index contributed by atoms with van der Waals surface area (Å²) < 4.78 is 6.27. The van der Waals surface area contributed by atoms with Crippen LogP contribution in [-0.2, 0) is 4.79 Å². The number of amides is 2. The Labute approximate surface area is 140 Å². The lowest BCUT2D eigenvalue weighted by molar-refractivity contribution is -0.118. The largest absolute Gasteiger partial charge is 0.484 e. The first kappa shape index (κ1) is 16.3. The highest BCUT2D eigenvalue weighted by molar-refractivity contribution is 9.10. The number of anilines is 1. The first-order chi connectivity index (χ1) is 10.5. The molecular weight excluding hydrogens is 372 g/mol. The third kappa shape index (κ3) is 4.47. The molecule has 0 fully saturated rings. The topological polar surface area (TPSA) is 81.4 Å². The first-order valence-electron chi connectivity index (χ1n) is 6.23. The van der Waals surface area contributed by atoms with Crippen LogP contribution in [0.25, 0.3) is 0 Å². The van der Waals surface area contributed by atoms with E-state index in [-0.39, 0.29) is 23.1 Å². The Kier molecular flexibility index (Phi) is 5.41. The summed E-state index contributed by atoms with van der Waals surface area (Å²) in [5, 5.41) is 2.80. The average Bonchev–Trinajstić information content (AvgIpc) is 2.46. The molecular formula is C15H12BrClN2O3. The minimum Gasteiger partial charge on any atom is -0.484 e. The van der Waals surface area contributed by atoms with Gasteiger partial charge in [-0.05, 0) is 42.5 Å². The molecule has 0 aliphatic rings. The number of carbonyl (C=O) groups excluding carboxylic acids is 2. The van der Waals surface area contributed by atoms with E-state index in [0.717, 1.165) is 4.47 Å². The van der Waals surface area contributed by atoms with Crippen molar-refractivity contribution in [1.82, 2.24) is 0 Å². The third-order valence-electron chi connectivity index (χ3n) is 2.70. The Morgan fingerprint density at radius 1 is 1.18 bits per heavy atom. The molecule has 2 aromatic carbocycles. The van der Waals surface area contributed by atoms with E-state index >= 15 is 0 Å². The molecule has 22 heavy (non-hydrogen) atoms. The van der Waals surface area contributed by atoms with E-state index in [4.69, 9.17) is 22.1 Å². The zero-order valence-electron chi connectivity index (χ0n) is 11.3. The normalized spacial score (nSPS) is 10.1. The molecule has 0 spiro atoms. The molecule has 0 unspecified atom stereocenters. The number of hydrogen-bond donors (Lipinski definition) is 2. The Hall–Kier alpha value is -2.05. The lowest BCUT2D eigenvalue weighted by atomic mass is 10.2. The number of nitrogens with one attached hydrogen (secondary N) is 1. The highest BCUT2D eigenvalue weighted by atomic mass is 79.9. The summed E-state index contributed by atoms with van der Waals surface area (Å²) in [5.74, 6) is -0.382. The summed E-state index contributed by atoms with van der Waals surface area (Å²) in [4.78, 5) is 22.9. The Bertz CT molecular complexity index is 704. The van der Waals surface area contributed by atoms with E-state index in [1.54, 1.807) is 18.2 Å². The predicted molar refractivity (Wildman–Crippen MR) is 88.2 cm³/mol. The maximum atomic E-state index is 11.8. The van der Waals surface area contributed by atoms with Crippen LogP contribution in [0.3, 0.4) is 0 Å². The molecule has 0 aliphatic heterocycles. The zero-order valence-corrected chi connectivity index (χ0v) is 13.6. The van der Waals surface area contributed by atoms with Gasteiger partial charge in [0, 0.05) is 10.2 Å². The van der Waals surface area contributed by atoms with Gasteiger partial charge in [-0.15, -0.1) is 0 Å². The molecule has 0 atom stereocenters. The minimum absolute atomic E-state index is 0.142. The maximum absolute atomic E-state index is 11.8. The Morgan fingerprint density at radius 3 is 2.45 bits per heavy atom. The van der Waals surface area contributed by atoms with E-state index in [9.17, 15) is 9.59 Å². The van der Waals surface area contributed by atoms with Gasteiger partial charge in [0.25, 0.3) is 5.91 Å². The van der Waals surface area contributed by atoms with Crippen molar-refractivity contribution in [3.8, 4) is 5.75 Å². The molecule has 0 saturated heterocycles. The van der Waals surface area contributed by atoms with E-state index in [2.05, 4.69) is 21.2 Å². The van der Waals surface area contributed by atoms with Gasteiger partial charge in [0.15, 0.2) is 6.61 Å². The van der Waals surface area contributed by atoms with Crippen molar-refractivity contribution in [2.75, 3.05) is 11.9 Å². The molecule has 2 aromatic rings. The molecule has 0 radical (unpaired) electrons. The van der Waals surface area contributed by atoms with Gasteiger partial charge in [0.1, 0.15) is 5.75 Å². The highest BCUT2D eigenvalue weighted by Crippen LogP contribution is 2.21. The average molecular weight is 384 g/mol. The van der Waals surface area contributed by atoms with Gasteiger partial charge in [-0.3, -0.25) is 9.59 Å². The first-order valence-corrected chi connectivity index (χ1v) is 7.40. The van der Waals surface area contributed by atoms with Gasteiger partial charge in [0.2, 0.25) is 5.91 Å². The SMILES string of the molecule is NC(=O)c1ccc(NC(=O)COc2ccc(Br)cc2)cc1Cl. The Morgan fingerprint density at radius 2 is 1.86 bits per heavy atom. The summed E-state index contributed by atoms with van der Waals surface area (Å²) in [5.41, 5.74) is 5.81. The fourth-order valence-electron chi connectivity index (χ4n) is 1.67. The molecule has 0 saturated carbocycles. The number of benzene rings is 2. The number of rotatable bonds is 5. The number of hydrogen-bond acceptors (Lipinski definition) is 3. The molecule has 2 amide bonds. The van der Waals surface area contributed by atoms with Crippen LogP contribution in [0.15, 0.2) is 46.9 Å². The maximum Gasteiger partial charge on any atom is 0.262 e. The summed E-state index contributed by atoms with van der Waals surface area (Å²) in [6, 6.07) is 11.6. The van der Waals surface area contributed by atoms with Crippen molar-refractivity contribution in [1.29, 1.82) is 0 Å².